The van der Waals surface area contributed by atoms with E-state index in [1.807, 2.05) is 18.2 Å². The van der Waals surface area contributed by atoms with Gasteiger partial charge in [-0.1, -0.05) is 38.1 Å². The second-order valence-corrected chi connectivity index (χ2v) is 4.27. The maximum Gasteiger partial charge on any atom is 0.221 e. The standard InChI is InChI=1S/C13H16N4/c1-8(2)9-5-3-4-6-10(9)11-7-16-13(15)17-12(11)14/h3-8H,1-2H3,(H4,14,15,16,17). The van der Waals surface area contributed by atoms with Crippen LogP contribution in [0.2, 0.25) is 0 Å². The van der Waals surface area contributed by atoms with Crippen molar-refractivity contribution in [3.05, 3.63) is 36.0 Å². The van der Waals surface area contributed by atoms with Gasteiger partial charge in [-0.25, -0.2) is 4.98 Å². The largest absolute Gasteiger partial charge is 0.383 e. The van der Waals surface area contributed by atoms with Gasteiger partial charge in [0.2, 0.25) is 5.95 Å². The van der Waals surface area contributed by atoms with E-state index < -0.39 is 0 Å². The molecule has 1 heterocycles. The van der Waals surface area contributed by atoms with Gasteiger partial charge in [0.1, 0.15) is 5.82 Å². The van der Waals surface area contributed by atoms with Gasteiger partial charge >= 0.3 is 0 Å². The molecule has 0 spiro atoms. The van der Waals surface area contributed by atoms with Crippen LogP contribution in [-0.4, -0.2) is 9.97 Å². The molecule has 4 heteroatoms. The van der Waals surface area contributed by atoms with Gasteiger partial charge in [0.15, 0.2) is 0 Å². The van der Waals surface area contributed by atoms with Gasteiger partial charge in [0.05, 0.1) is 0 Å². The van der Waals surface area contributed by atoms with Crippen molar-refractivity contribution in [3.8, 4) is 11.1 Å². The topological polar surface area (TPSA) is 77.8 Å². The highest BCUT2D eigenvalue weighted by molar-refractivity contribution is 5.76. The summed E-state index contributed by atoms with van der Waals surface area (Å²) in [5.41, 5.74) is 14.5. The summed E-state index contributed by atoms with van der Waals surface area (Å²) in [6.07, 6.45) is 1.68. The molecule has 0 bridgehead atoms. The number of nitrogen functional groups attached to an aromatic ring is 2. The highest BCUT2D eigenvalue weighted by Crippen LogP contribution is 2.31. The summed E-state index contributed by atoms with van der Waals surface area (Å²) in [5, 5.41) is 0. The molecule has 0 fully saturated rings. The number of rotatable bonds is 2. The monoisotopic (exact) mass is 228 g/mol. The number of nitrogens with two attached hydrogens (primary N) is 2. The summed E-state index contributed by atoms with van der Waals surface area (Å²) in [4.78, 5) is 8.00. The van der Waals surface area contributed by atoms with Gasteiger partial charge in [-0.05, 0) is 17.0 Å². The number of nitrogens with zero attached hydrogens (tertiary/aromatic N) is 2. The van der Waals surface area contributed by atoms with Crippen molar-refractivity contribution in [1.82, 2.24) is 9.97 Å². The highest BCUT2D eigenvalue weighted by Gasteiger charge is 2.11. The van der Waals surface area contributed by atoms with Crippen LogP contribution in [0.15, 0.2) is 30.5 Å². The molecule has 0 saturated carbocycles. The van der Waals surface area contributed by atoms with Gasteiger partial charge < -0.3 is 11.5 Å². The molecular formula is C13H16N4. The molecule has 1 aromatic carbocycles. The van der Waals surface area contributed by atoms with Crippen LogP contribution < -0.4 is 11.5 Å². The van der Waals surface area contributed by atoms with E-state index in [0.29, 0.717) is 11.7 Å². The molecule has 2 aromatic rings. The van der Waals surface area contributed by atoms with Crippen molar-refractivity contribution < 1.29 is 0 Å². The zero-order valence-corrected chi connectivity index (χ0v) is 10.0. The van der Waals surface area contributed by atoms with E-state index in [2.05, 4.69) is 29.9 Å². The Kier molecular flexibility index (Phi) is 2.95. The minimum atomic E-state index is 0.202. The Labute approximate surface area is 101 Å². The van der Waals surface area contributed by atoms with Crippen molar-refractivity contribution in [2.24, 2.45) is 0 Å². The second-order valence-electron chi connectivity index (χ2n) is 4.27. The lowest BCUT2D eigenvalue weighted by Gasteiger charge is -2.13. The Morgan fingerprint density at radius 3 is 2.41 bits per heavy atom. The van der Waals surface area contributed by atoms with Gasteiger partial charge in [-0.3, -0.25) is 0 Å². The first-order valence-corrected chi connectivity index (χ1v) is 5.57. The Hall–Kier alpha value is -2.10. The van der Waals surface area contributed by atoms with E-state index in [0.717, 1.165) is 11.1 Å². The van der Waals surface area contributed by atoms with Crippen LogP contribution in [-0.2, 0) is 0 Å². The number of aromatic nitrogens is 2. The van der Waals surface area contributed by atoms with Crippen LogP contribution in [0.1, 0.15) is 25.3 Å². The van der Waals surface area contributed by atoms with Crippen molar-refractivity contribution in [3.63, 3.8) is 0 Å². The summed E-state index contributed by atoms with van der Waals surface area (Å²) in [5.74, 6) is 1.04. The third-order valence-corrected chi connectivity index (χ3v) is 2.71. The fourth-order valence-electron chi connectivity index (χ4n) is 1.86. The molecule has 4 N–H and O–H groups in total. The van der Waals surface area contributed by atoms with Crippen LogP contribution >= 0.6 is 0 Å². The molecule has 0 atom stereocenters. The Bertz CT molecular complexity index is 535. The molecule has 2 rings (SSSR count). The lowest BCUT2D eigenvalue weighted by atomic mass is 9.93. The van der Waals surface area contributed by atoms with Crippen LogP contribution in [0.4, 0.5) is 11.8 Å². The van der Waals surface area contributed by atoms with Crippen LogP contribution in [0, 0.1) is 0 Å². The quantitative estimate of drug-likeness (QED) is 0.827. The van der Waals surface area contributed by atoms with Gasteiger partial charge in [-0.2, -0.15) is 4.98 Å². The number of anilines is 2. The second kappa shape index (κ2) is 4.41. The summed E-state index contributed by atoms with van der Waals surface area (Å²) >= 11 is 0. The highest BCUT2D eigenvalue weighted by atomic mass is 15.0. The zero-order valence-electron chi connectivity index (χ0n) is 10.0. The number of benzene rings is 1. The zero-order chi connectivity index (χ0) is 12.4. The number of hydrogen-bond donors (Lipinski definition) is 2. The molecule has 17 heavy (non-hydrogen) atoms. The normalized spacial score (nSPS) is 10.8. The van der Waals surface area contributed by atoms with E-state index in [1.54, 1.807) is 6.20 Å². The molecule has 0 amide bonds. The first-order chi connectivity index (χ1) is 8.09. The van der Waals surface area contributed by atoms with Gasteiger partial charge in [-0.15, -0.1) is 0 Å². The lowest BCUT2D eigenvalue weighted by molar-refractivity contribution is 0.869. The van der Waals surface area contributed by atoms with Gasteiger partial charge in [0, 0.05) is 11.8 Å². The first-order valence-electron chi connectivity index (χ1n) is 5.57. The molecule has 0 aliphatic heterocycles. The van der Waals surface area contributed by atoms with Crippen molar-refractivity contribution in [2.45, 2.75) is 19.8 Å². The molecule has 88 valence electrons. The van der Waals surface area contributed by atoms with E-state index in [1.165, 1.54) is 5.56 Å². The van der Waals surface area contributed by atoms with Crippen molar-refractivity contribution in [1.29, 1.82) is 0 Å². The smallest absolute Gasteiger partial charge is 0.221 e. The third-order valence-electron chi connectivity index (χ3n) is 2.71. The summed E-state index contributed by atoms with van der Waals surface area (Å²) in [7, 11) is 0. The van der Waals surface area contributed by atoms with E-state index >= 15 is 0 Å². The predicted octanol–water partition coefficient (Wildman–Crippen LogP) is 2.43. The van der Waals surface area contributed by atoms with Crippen LogP contribution in [0.25, 0.3) is 11.1 Å². The Morgan fingerprint density at radius 2 is 1.76 bits per heavy atom. The number of hydrogen-bond acceptors (Lipinski definition) is 4. The maximum atomic E-state index is 5.89. The molecule has 0 unspecified atom stereocenters. The van der Waals surface area contributed by atoms with Crippen LogP contribution in [0.5, 0.6) is 0 Å². The van der Waals surface area contributed by atoms with Crippen molar-refractivity contribution in [2.75, 3.05) is 11.5 Å². The van der Waals surface area contributed by atoms with E-state index in [9.17, 15) is 0 Å². The maximum absolute atomic E-state index is 5.89. The minimum Gasteiger partial charge on any atom is -0.383 e. The lowest BCUT2D eigenvalue weighted by Crippen LogP contribution is -2.02. The fraction of sp³-hybridized carbons (Fsp3) is 0.231. The van der Waals surface area contributed by atoms with Crippen molar-refractivity contribution >= 4 is 11.8 Å². The summed E-state index contributed by atoms with van der Waals surface area (Å²) in [6.45, 7) is 4.29. The SMILES string of the molecule is CC(C)c1ccccc1-c1cnc(N)nc1N. The molecule has 0 radical (unpaired) electrons. The predicted molar refractivity (Wildman–Crippen MR) is 70.4 cm³/mol. The minimum absolute atomic E-state index is 0.202. The first kappa shape index (κ1) is 11.4. The molecule has 4 nitrogen and oxygen atoms in total. The van der Waals surface area contributed by atoms with E-state index in [4.69, 9.17) is 11.5 Å². The summed E-state index contributed by atoms with van der Waals surface area (Å²) < 4.78 is 0. The Morgan fingerprint density at radius 1 is 1.06 bits per heavy atom. The third kappa shape index (κ3) is 2.20. The van der Waals surface area contributed by atoms with Crippen LogP contribution in [0.3, 0.4) is 0 Å². The molecule has 1 aromatic heterocycles. The fourth-order valence-corrected chi connectivity index (χ4v) is 1.86. The molecule has 0 aliphatic rings. The van der Waals surface area contributed by atoms with E-state index in [-0.39, 0.29) is 5.95 Å². The average molecular weight is 228 g/mol. The summed E-state index contributed by atoms with van der Waals surface area (Å²) in [6, 6.07) is 8.13. The molecular weight excluding hydrogens is 212 g/mol. The Balaban J connectivity index is 2.60. The molecule has 0 aliphatic carbocycles. The van der Waals surface area contributed by atoms with Gasteiger partial charge in [0.25, 0.3) is 0 Å². The molecule has 0 saturated heterocycles. The average Bonchev–Trinajstić information content (AvgIpc) is 2.29.